The Kier molecular flexibility index (Phi) is 11.3. The standard InChI is InChI=1S/C42H64O16/c1-18(44)54-29-13-20(55-37-35(50)33(48)31(46)28(57-37)17-53-36-34(49)32(47)30(45)27(16-43)56-36)12-19-6-7-21-23-8-9-24(40(23,3)11-10-25(21)41(19,29)4)22-14-39(2)15-26(22)58-38(51)42(39,5)52/h6,20-37,43,45-50,52H,7-17H2,1-5H3/t20-,21+,22+,23+,24-,25+,26+,27-,28-,29+,30-,31-,32+,33+,34-,35-,36-,37-,39+,40+,41+,42-/m1/s1. The molecule has 58 heavy (non-hydrogen) atoms. The number of fused-ring (bicyclic) bond motifs is 7. The van der Waals surface area contributed by atoms with Gasteiger partial charge in [0.05, 0.1) is 19.3 Å². The van der Waals surface area contributed by atoms with Crippen molar-refractivity contribution in [2.45, 2.75) is 178 Å². The van der Waals surface area contributed by atoms with Gasteiger partial charge in [0, 0.05) is 24.2 Å². The molecule has 0 aromatic heterocycles. The molecular weight excluding hydrogens is 760 g/mol. The van der Waals surface area contributed by atoms with Crippen LogP contribution in [0.25, 0.3) is 0 Å². The van der Waals surface area contributed by atoms with E-state index in [1.54, 1.807) is 6.92 Å². The predicted octanol–water partition coefficient (Wildman–Crippen LogP) is 0.209. The van der Waals surface area contributed by atoms with Crippen LogP contribution in [0.4, 0.5) is 0 Å². The maximum absolute atomic E-state index is 12.9. The van der Waals surface area contributed by atoms with Crippen molar-refractivity contribution in [2.75, 3.05) is 13.2 Å². The number of carbonyl (C=O) groups excluding carboxylic acids is 2. The topological polar surface area (TPSA) is 251 Å². The molecule has 16 nitrogen and oxygen atoms in total. The second-order valence-electron chi connectivity index (χ2n) is 19.8. The maximum atomic E-state index is 12.9. The number of rotatable bonds is 8. The van der Waals surface area contributed by atoms with E-state index in [1.165, 1.54) is 6.92 Å². The van der Waals surface area contributed by atoms with E-state index in [2.05, 4.69) is 19.9 Å². The third-order valence-electron chi connectivity index (χ3n) is 16.9. The summed E-state index contributed by atoms with van der Waals surface area (Å²) >= 11 is 0. The lowest BCUT2D eigenvalue weighted by Gasteiger charge is -2.60. The van der Waals surface area contributed by atoms with E-state index in [0.717, 1.165) is 44.1 Å². The molecule has 8 N–H and O–H groups in total. The van der Waals surface area contributed by atoms with Gasteiger partial charge in [-0.2, -0.15) is 0 Å². The summed E-state index contributed by atoms with van der Waals surface area (Å²) < 4.78 is 35.4. The van der Waals surface area contributed by atoms with Crippen LogP contribution in [-0.4, -0.2) is 151 Å². The summed E-state index contributed by atoms with van der Waals surface area (Å²) in [4.78, 5) is 25.6. The van der Waals surface area contributed by atoms with Crippen LogP contribution in [0.3, 0.4) is 0 Å². The van der Waals surface area contributed by atoms with Gasteiger partial charge in [0.15, 0.2) is 18.2 Å². The molecule has 328 valence electrons. The van der Waals surface area contributed by atoms with Crippen LogP contribution >= 0.6 is 0 Å². The zero-order valence-electron chi connectivity index (χ0n) is 34.1. The summed E-state index contributed by atoms with van der Waals surface area (Å²) in [5, 5.41) is 84.0. The summed E-state index contributed by atoms with van der Waals surface area (Å²) in [6.45, 7) is 8.52. The number of aliphatic hydroxyl groups excluding tert-OH is 7. The molecule has 0 aromatic rings. The van der Waals surface area contributed by atoms with Gasteiger partial charge >= 0.3 is 11.9 Å². The lowest BCUT2D eigenvalue weighted by molar-refractivity contribution is -0.337. The van der Waals surface area contributed by atoms with Crippen molar-refractivity contribution in [1.82, 2.24) is 0 Å². The molecule has 0 radical (unpaired) electrons. The summed E-state index contributed by atoms with van der Waals surface area (Å²) in [5.74, 6) is 0.621. The molecule has 5 aliphatic carbocycles. The van der Waals surface area contributed by atoms with Gasteiger partial charge in [-0.3, -0.25) is 4.79 Å². The highest BCUT2D eigenvalue weighted by Gasteiger charge is 2.68. The highest BCUT2D eigenvalue weighted by atomic mass is 16.7. The fraction of sp³-hybridized carbons (Fsp3) is 0.905. The summed E-state index contributed by atoms with van der Waals surface area (Å²) in [5.41, 5.74) is -1.37. The number of esters is 2. The second-order valence-corrected chi connectivity index (χ2v) is 19.8. The molecule has 8 aliphatic rings. The SMILES string of the molecule is CC(=O)O[C@H]1C[C@H](O[C@@H]2O[C@H](CO[C@@H]3O[C@H](CO)[C@@H](O)[C@H](O)[C@H]3O)[C@@H](O)[C@H](O)[C@H]2O)CC2=CC[C@H]3[C@@H]4CC[C@H]([C@@H]5C[C@@]6(C)C[C@@H]5OC(=O)[C@@]6(C)O)[C@@]4(C)CC[C@@H]3[C@]21C. The van der Waals surface area contributed by atoms with Crippen molar-refractivity contribution in [3.05, 3.63) is 11.6 Å². The van der Waals surface area contributed by atoms with Gasteiger partial charge in [-0.1, -0.05) is 32.4 Å². The van der Waals surface area contributed by atoms with Gasteiger partial charge in [-0.15, -0.1) is 0 Å². The number of ether oxygens (including phenoxy) is 6. The van der Waals surface area contributed by atoms with E-state index in [1.807, 2.05) is 6.92 Å². The molecule has 16 heteroatoms. The Bertz CT molecular complexity index is 1600. The Hall–Kier alpha value is -1.80. The Morgan fingerprint density at radius 1 is 0.828 bits per heavy atom. The van der Waals surface area contributed by atoms with Crippen molar-refractivity contribution < 1.29 is 78.9 Å². The molecule has 4 saturated carbocycles. The zero-order valence-corrected chi connectivity index (χ0v) is 34.1. The van der Waals surface area contributed by atoms with E-state index in [4.69, 9.17) is 28.4 Å². The number of aliphatic hydroxyl groups is 8. The predicted molar refractivity (Wildman–Crippen MR) is 199 cm³/mol. The molecule has 2 bridgehead atoms. The maximum Gasteiger partial charge on any atom is 0.338 e. The van der Waals surface area contributed by atoms with Gasteiger partial charge in [0.25, 0.3) is 0 Å². The summed E-state index contributed by atoms with van der Waals surface area (Å²) in [6.07, 6.45) is -7.35. The highest BCUT2D eigenvalue weighted by molar-refractivity contribution is 5.81. The monoisotopic (exact) mass is 824 g/mol. The molecule has 0 unspecified atom stereocenters. The number of hydrogen-bond donors (Lipinski definition) is 8. The molecule has 3 saturated heterocycles. The van der Waals surface area contributed by atoms with Crippen molar-refractivity contribution in [3.63, 3.8) is 0 Å². The van der Waals surface area contributed by atoms with Crippen molar-refractivity contribution in [2.24, 2.45) is 45.8 Å². The summed E-state index contributed by atoms with van der Waals surface area (Å²) in [6, 6.07) is 0. The minimum Gasteiger partial charge on any atom is -0.462 e. The Morgan fingerprint density at radius 3 is 2.14 bits per heavy atom. The second kappa shape index (κ2) is 15.2. The third kappa shape index (κ3) is 6.62. The van der Waals surface area contributed by atoms with E-state index in [0.29, 0.717) is 37.0 Å². The van der Waals surface area contributed by atoms with Crippen molar-refractivity contribution in [3.8, 4) is 0 Å². The van der Waals surface area contributed by atoms with Crippen LogP contribution in [0.15, 0.2) is 11.6 Å². The average molecular weight is 825 g/mol. The molecule has 22 atom stereocenters. The Labute approximate surface area is 338 Å². The minimum atomic E-state index is -1.70. The zero-order chi connectivity index (χ0) is 41.9. The molecule has 0 amide bonds. The van der Waals surface area contributed by atoms with Crippen molar-refractivity contribution >= 4 is 11.9 Å². The average Bonchev–Trinajstić information content (AvgIpc) is 3.68. The number of hydrogen-bond acceptors (Lipinski definition) is 16. The molecule has 7 fully saturated rings. The lowest BCUT2D eigenvalue weighted by Crippen LogP contribution is -2.62. The first-order valence-electron chi connectivity index (χ1n) is 21.3. The fourth-order valence-electron chi connectivity index (χ4n) is 13.4. The number of carbonyl (C=O) groups is 2. The van der Waals surface area contributed by atoms with Crippen LogP contribution in [0.5, 0.6) is 0 Å². The minimum absolute atomic E-state index is 0.0276. The molecule has 0 spiro atoms. The van der Waals surface area contributed by atoms with Crippen LogP contribution in [0.1, 0.15) is 92.4 Å². The Morgan fingerprint density at radius 2 is 1.47 bits per heavy atom. The first-order valence-corrected chi connectivity index (χ1v) is 21.3. The van der Waals surface area contributed by atoms with Crippen molar-refractivity contribution in [1.29, 1.82) is 0 Å². The summed E-state index contributed by atoms with van der Waals surface area (Å²) in [7, 11) is 0. The fourth-order valence-corrected chi connectivity index (χ4v) is 13.4. The first kappa shape index (κ1) is 42.9. The molecule has 8 rings (SSSR count). The van der Waals surface area contributed by atoms with Gasteiger partial charge in [0.1, 0.15) is 61.0 Å². The molecular formula is C42H64O16. The quantitative estimate of drug-likeness (QED) is 0.120. The van der Waals surface area contributed by atoms with Crippen LogP contribution in [0, 0.1) is 45.8 Å². The normalized spacial score (nSPS) is 55.1. The highest BCUT2D eigenvalue weighted by Crippen LogP contribution is 2.70. The lowest BCUT2D eigenvalue weighted by atomic mass is 9.46. The molecule has 3 aliphatic heterocycles. The first-order chi connectivity index (χ1) is 27.2. The third-order valence-corrected chi connectivity index (χ3v) is 16.9. The van der Waals surface area contributed by atoms with Crippen LogP contribution < -0.4 is 0 Å². The smallest absolute Gasteiger partial charge is 0.338 e. The van der Waals surface area contributed by atoms with Gasteiger partial charge in [0.2, 0.25) is 0 Å². The van der Waals surface area contributed by atoms with E-state index >= 15 is 0 Å². The molecule has 3 heterocycles. The molecule has 0 aromatic carbocycles. The Balaban J connectivity index is 0.971. The van der Waals surface area contributed by atoms with E-state index in [9.17, 15) is 50.4 Å². The largest absolute Gasteiger partial charge is 0.462 e. The number of allylic oxidation sites excluding steroid dienone is 1. The van der Waals surface area contributed by atoms with Gasteiger partial charge in [-0.25, -0.2) is 4.79 Å². The van der Waals surface area contributed by atoms with Gasteiger partial charge < -0.3 is 69.3 Å². The van der Waals surface area contributed by atoms with Crippen LogP contribution in [0.2, 0.25) is 0 Å². The van der Waals surface area contributed by atoms with Gasteiger partial charge in [-0.05, 0) is 93.3 Å². The van der Waals surface area contributed by atoms with E-state index < -0.39 is 115 Å². The van der Waals surface area contributed by atoms with E-state index in [-0.39, 0.29) is 23.4 Å². The van der Waals surface area contributed by atoms with Crippen LogP contribution in [-0.2, 0) is 38.0 Å².